The molecule has 0 radical (unpaired) electrons. The molecule has 0 unspecified atom stereocenters. The summed E-state index contributed by atoms with van der Waals surface area (Å²) >= 11 is 0. The van der Waals surface area contributed by atoms with E-state index >= 15 is 0 Å². The molecule has 0 saturated heterocycles. The van der Waals surface area contributed by atoms with Gasteiger partial charge in [-0.25, -0.2) is 0 Å². The third kappa shape index (κ3) is 3.44. The van der Waals surface area contributed by atoms with E-state index < -0.39 is 0 Å². The molecule has 106 valence electrons. The zero-order valence-corrected chi connectivity index (χ0v) is 12.4. The van der Waals surface area contributed by atoms with E-state index in [0.29, 0.717) is 24.4 Å². The second-order valence-corrected chi connectivity index (χ2v) is 4.74. The van der Waals surface area contributed by atoms with Crippen molar-refractivity contribution in [3.05, 3.63) is 29.3 Å². The summed E-state index contributed by atoms with van der Waals surface area (Å²) in [5, 5.41) is 2.94. The predicted octanol–water partition coefficient (Wildman–Crippen LogP) is 2.99. The normalized spacial score (nSPS) is 10.4. The van der Waals surface area contributed by atoms with Gasteiger partial charge in [0.15, 0.2) is 5.82 Å². The van der Waals surface area contributed by atoms with Gasteiger partial charge in [0.1, 0.15) is 0 Å². The Morgan fingerprint density at radius 3 is 2.35 bits per heavy atom. The lowest BCUT2D eigenvalue weighted by Gasteiger charge is -2.08. The molecule has 0 spiro atoms. The van der Waals surface area contributed by atoms with E-state index in [1.165, 1.54) is 11.1 Å². The van der Waals surface area contributed by atoms with Crippen molar-refractivity contribution in [1.29, 1.82) is 0 Å². The molecule has 0 fully saturated rings. The Labute approximate surface area is 119 Å². The van der Waals surface area contributed by atoms with Crippen LogP contribution in [0.3, 0.4) is 0 Å². The van der Waals surface area contributed by atoms with Crippen LogP contribution in [0.2, 0.25) is 0 Å². The van der Waals surface area contributed by atoms with Crippen molar-refractivity contribution in [3.63, 3.8) is 0 Å². The molecule has 1 aromatic heterocycles. The van der Waals surface area contributed by atoms with E-state index in [4.69, 9.17) is 4.74 Å². The minimum absolute atomic E-state index is 0.361. The molecular weight excluding hydrogens is 252 g/mol. The minimum atomic E-state index is 0.361. The Kier molecular flexibility index (Phi) is 4.50. The molecule has 0 aliphatic rings. The van der Waals surface area contributed by atoms with Crippen molar-refractivity contribution in [3.8, 4) is 17.4 Å². The Bertz CT molecular complexity index is 578. The van der Waals surface area contributed by atoms with E-state index in [1.807, 2.05) is 6.92 Å². The van der Waals surface area contributed by atoms with Crippen LogP contribution in [0.25, 0.3) is 11.4 Å². The van der Waals surface area contributed by atoms with Gasteiger partial charge in [-0.1, -0.05) is 24.1 Å². The number of hydrogen-bond donors (Lipinski definition) is 1. The van der Waals surface area contributed by atoms with Crippen LogP contribution in [0.5, 0.6) is 6.01 Å². The fraction of sp³-hybridized carbons (Fsp3) is 0.400. The fourth-order valence-electron chi connectivity index (χ4n) is 1.96. The van der Waals surface area contributed by atoms with Gasteiger partial charge >= 0.3 is 6.01 Å². The van der Waals surface area contributed by atoms with E-state index in [-0.39, 0.29) is 0 Å². The van der Waals surface area contributed by atoms with Crippen LogP contribution in [0.1, 0.15) is 24.5 Å². The zero-order chi connectivity index (χ0) is 14.5. The van der Waals surface area contributed by atoms with Crippen LogP contribution < -0.4 is 10.1 Å². The molecule has 5 heteroatoms. The number of benzene rings is 1. The topological polar surface area (TPSA) is 59.9 Å². The number of hydrogen-bond acceptors (Lipinski definition) is 5. The monoisotopic (exact) mass is 272 g/mol. The first-order valence-electron chi connectivity index (χ1n) is 6.77. The highest BCUT2D eigenvalue weighted by Crippen LogP contribution is 2.21. The molecule has 0 saturated carbocycles. The number of aromatic nitrogens is 3. The molecule has 20 heavy (non-hydrogen) atoms. The Hall–Kier alpha value is -2.17. The van der Waals surface area contributed by atoms with Crippen LogP contribution in [-0.4, -0.2) is 28.6 Å². The van der Waals surface area contributed by atoms with Crippen molar-refractivity contribution in [2.45, 2.75) is 27.2 Å². The molecule has 5 nitrogen and oxygen atoms in total. The lowest BCUT2D eigenvalue weighted by atomic mass is 10.1. The average molecular weight is 272 g/mol. The third-order valence-corrected chi connectivity index (χ3v) is 2.75. The smallest absolute Gasteiger partial charge is 0.321 e. The summed E-state index contributed by atoms with van der Waals surface area (Å²) in [5.41, 5.74) is 3.34. The van der Waals surface area contributed by atoms with Crippen molar-refractivity contribution in [2.75, 3.05) is 19.0 Å². The fourth-order valence-corrected chi connectivity index (χ4v) is 1.96. The SMILES string of the molecule is CCCOc1nc(NC)nc(-c2cc(C)cc(C)c2)n1. The lowest BCUT2D eigenvalue weighted by Crippen LogP contribution is -2.06. The van der Waals surface area contributed by atoms with E-state index in [0.717, 1.165) is 12.0 Å². The van der Waals surface area contributed by atoms with Gasteiger partial charge in [0.2, 0.25) is 5.95 Å². The molecule has 2 rings (SSSR count). The first kappa shape index (κ1) is 14.2. The van der Waals surface area contributed by atoms with Gasteiger partial charge in [-0.15, -0.1) is 0 Å². The predicted molar refractivity (Wildman–Crippen MR) is 80.1 cm³/mol. The minimum Gasteiger partial charge on any atom is -0.463 e. The number of nitrogens with zero attached hydrogens (tertiary/aromatic N) is 3. The number of nitrogens with one attached hydrogen (secondary N) is 1. The van der Waals surface area contributed by atoms with Gasteiger partial charge in [-0.05, 0) is 32.4 Å². The molecule has 0 aliphatic carbocycles. The quantitative estimate of drug-likeness (QED) is 0.906. The van der Waals surface area contributed by atoms with E-state index in [1.54, 1.807) is 7.05 Å². The maximum Gasteiger partial charge on any atom is 0.321 e. The van der Waals surface area contributed by atoms with Gasteiger partial charge in [0.25, 0.3) is 0 Å². The number of ether oxygens (including phenoxy) is 1. The highest BCUT2D eigenvalue weighted by atomic mass is 16.5. The molecule has 0 atom stereocenters. The van der Waals surface area contributed by atoms with E-state index in [2.05, 4.69) is 52.3 Å². The largest absolute Gasteiger partial charge is 0.463 e. The molecule has 0 amide bonds. The average Bonchev–Trinajstić information content (AvgIpc) is 2.43. The van der Waals surface area contributed by atoms with Crippen LogP contribution in [0.15, 0.2) is 18.2 Å². The van der Waals surface area contributed by atoms with Gasteiger partial charge < -0.3 is 10.1 Å². The Balaban J connectivity index is 2.43. The summed E-state index contributed by atoms with van der Waals surface area (Å²) < 4.78 is 5.52. The zero-order valence-electron chi connectivity index (χ0n) is 12.4. The van der Waals surface area contributed by atoms with Crippen molar-refractivity contribution in [2.24, 2.45) is 0 Å². The Morgan fingerprint density at radius 2 is 1.75 bits per heavy atom. The molecular formula is C15H20N4O. The molecule has 0 aliphatic heterocycles. The number of anilines is 1. The third-order valence-electron chi connectivity index (χ3n) is 2.75. The van der Waals surface area contributed by atoms with Gasteiger partial charge in [0.05, 0.1) is 6.61 Å². The standard InChI is InChI=1S/C15H20N4O/c1-5-6-20-15-18-13(17-14(16-4)19-15)12-8-10(2)7-11(3)9-12/h7-9H,5-6H2,1-4H3,(H,16,17,18,19). The summed E-state index contributed by atoms with van der Waals surface area (Å²) in [7, 11) is 1.78. The second kappa shape index (κ2) is 6.32. The highest BCUT2D eigenvalue weighted by molar-refractivity contribution is 5.59. The molecule has 1 heterocycles. The van der Waals surface area contributed by atoms with Crippen molar-refractivity contribution < 1.29 is 4.74 Å². The van der Waals surface area contributed by atoms with Gasteiger partial charge in [-0.3, -0.25) is 0 Å². The number of rotatable bonds is 5. The molecule has 1 N–H and O–H groups in total. The maximum absolute atomic E-state index is 5.52. The molecule has 2 aromatic rings. The van der Waals surface area contributed by atoms with Gasteiger partial charge in [-0.2, -0.15) is 15.0 Å². The van der Waals surface area contributed by atoms with Gasteiger partial charge in [0, 0.05) is 12.6 Å². The van der Waals surface area contributed by atoms with Crippen LogP contribution in [-0.2, 0) is 0 Å². The maximum atomic E-state index is 5.52. The second-order valence-electron chi connectivity index (χ2n) is 4.74. The van der Waals surface area contributed by atoms with Crippen LogP contribution in [0, 0.1) is 13.8 Å². The summed E-state index contributed by atoms with van der Waals surface area (Å²) in [4.78, 5) is 13.0. The first-order chi connectivity index (χ1) is 9.62. The molecule has 1 aromatic carbocycles. The van der Waals surface area contributed by atoms with E-state index in [9.17, 15) is 0 Å². The number of aryl methyl sites for hydroxylation is 2. The summed E-state index contributed by atoms with van der Waals surface area (Å²) in [5.74, 6) is 1.14. The first-order valence-corrected chi connectivity index (χ1v) is 6.77. The van der Waals surface area contributed by atoms with Crippen LogP contribution >= 0.6 is 0 Å². The summed E-state index contributed by atoms with van der Waals surface area (Å²) in [6, 6.07) is 6.61. The molecule has 0 bridgehead atoms. The highest BCUT2D eigenvalue weighted by Gasteiger charge is 2.09. The Morgan fingerprint density at radius 1 is 1.05 bits per heavy atom. The van der Waals surface area contributed by atoms with Crippen molar-refractivity contribution >= 4 is 5.95 Å². The summed E-state index contributed by atoms with van der Waals surface area (Å²) in [6.45, 7) is 6.76. The van der Waals surface area contributed by atoms with Crippen LogP contribution in [0.4, 0.5) is 5.95 Å². The summed E-state index contributed by atoms with van der Waals surface area (Å²) in [6.07, 6.45) is 0.916. The van der Waals surface area contributed by atoms with Crippen molar-refractivity contribution in [1.82, 2.24) is 15.0 Å². The lowest BCUT2D eigenvalue weighted by molar-refractivity contribution is 0.292.